The van der Waals surface area contributed by atoms with Crippen molar-refractivity contribution in [3.8, 4) is 6.07 Å². The van der Waals surface area contributed by atoms with Gasteiger partial charge in [0.1, 0.15) is 6.07 Å². The van der Waals surface area contributed by atoms with Crippen LogP contribution in [-0.2, 0) is 16.4 Å². The van der Waals surface area contributed by atoms with Crippen LogP contribution in [0.25, 0.3) is 10.8 Å². The van der Waals surface area contributed by atoms with Crippen molar-refractivity contribution in [3.05, 3.63) is 96.1 Å². The zero-order valence-corrected chi connectivity index (χ0v) is 17.8. The minimum Gasteiger partial charge on any atom is -0.398 e. The lowest BCUT2D eigenvalue weighted by Crippen LogP contribution is -2.16. The maximum atomic E-state index is 13.1. The van der Waals surface area contributed by atoms with Crippen LogP contribution in [0.1, 0.15) is 11.1 Å². The van der Waals surface area contributed by atoms with E-state index in [0.29, 0.717) is 17.8 Å². The minimum atomic E-state index is -3.61. The van der Waals surface area contributed by atoms with Gasteiger partial charge in [-0.15, -0.1) is 0 Å². The van der Waals surface area contributed by atoms with Gasteiger partial charge in [0.05, 0.1) is 15.4 Å². The average molecular weight is 428 g/mol. The van der Waals surface area contributed by atoms with Gasteiger partial charge in [0.2, 0.25) is 9.84 Å². The lowest BCUT2D eigenvalue weighted by atomic mass is 10.1. The van der Waals surface area contributed by atoms with Crippen LogP contribution in [0.15, 0.2) is 94.7 Å². The topological polar surface area (TPSA) is 87.2 Å². The van der Waals surface area contributed by atoms with E-state index in [1.54, 1.807) is 36.4 Å². The summed E-state index contributed by atoms with van der Waals surface area (Å²) in [5, 5.41) is 11.1. The summed E-state index contributed by atoms with van der Waals surface area (Å²) in [5.41, 5.74) is 8.48. The van der Waals surface area contributed by atoms with Crippen LogP contribution in [0.5, 0.6) is 0 Å². The fourth-order valence-electron chi connectivity index (χ4n) is 3.49. The predicted octanol–water partition coefficient (Wildman–Crippen LogP) is 4.76. The molecule has 0 aliphatic heterocycles. The molecule has 0 atom stereocenters. The van der Waals surface area contributed by atoms with Gasteiger partial charge in [-0.3, -0.25) is 0 Å². The summed E-state index contributed by atoms with van der Waals surface area (Å²) >= 11 is 0. The van der Waals surface area contributed by atoms with Gasteiger partial charge in [-0.05, 0) is 58.8 Å². The number of hydrogen-bond acceptors (Lipinski definition) is 5. The Kier molecular flexibility index (Phi) is 5.37. The van der Waals surface area contributed by atoms with E-state index in [2.05, 4.69) is 6.07 Å². The van der Waals surface area contributed by atoms with E-state index in [1.165, 1.54) is 0 Å². The second kappa shape index (κ2) is 8.13. The molecule has 2 N–H and O–H groups in total. The van der Waals surface area contributed by atoms with Crippen molar-refractivity contribution in [2.75, 3.05) is 17.7 Å². The van der Waals surface area contributed by atoms with Crippen LogP contribution in [0.3, 0.4) is 0 Å². The molecule has 31 heavy (non-hydrogen) atoms. The molecule has 154 valence electrons. The van der Waals surface area contributed by atoms with Crippen LogP contribution in [0, 0.1) is 11.3 Å². The normalized spacial score (nSPS) is 11.2. The second-order valence-electron chi connectivity index (χ2n) is 7.40. The Labute approximate surface area is 181 Å². The molecule has 0 amide bonds. The van der Waals surface area contributed by atoms with Gasteiger partial charge in [0.15, 0.2) is 0 Å². The summed E-state index contributed by atoms with van der Waals surface area (Å²) in [4.78, 5) is 2.52. The molecule has 4 rings (SSSR count). The highest BCUT2D eigenvalue weighted by atomic mass is 32.2. The van der Waals surface area contributed by atoms with Gasteiger partial charge < -0.3 is 10.6 Å². The van der Waals surface area contributed by atoms with Gasteiger partial charge >= 0.3 is 0 Å². The number of nitrogens with two attached hydrogens (primary N) is 1. The van der Waals surface area contributed by atoms with Crippen molar-refractivity contribution in [3.63, 3.8) is 0 Å². The van der Waals surface area contributed by atoms with Crippen molar-refractivity contribution in [2.24, 2.45) is 0 Å². The highest BCUT2D eigenvalue weighted by molar-refractivity contribution is 7.91. The maximum Gasteiger partial charge on any atom is 0.206 e. The number of rotatable bonds is 5. The van der Waals surface area contributed by atoms with Crippen molar-refractivity contribution in [1.29, 1.82) is 5.26 Å². The summed E-state index contributed by atoms with van der Waals surface area (Å²) < 4.78 is 26.2. The van der Waals surface area contributed by atoms with Gasteiger partial charge in [-0.2, -0.15) is 5.26 Å². The smallest absolute Gasteiger partial charge is 0.206 e. The van der Waals surface area contributed by atoms with E-state index >= 15 is 0 Å². The lowest BCUT2D eigenvalue weighted by Gasteiger charge is -2.20. The van der Waals surface area contributed by atoms with Crippen molar-refractivity contribution >= 4 is 32.0 Å². The molecule has 6 heteroatoms. The van der Waals surface area contributed by atoms with E-state index in [-0.39, 0.29) is 9.79 Å². The molecule has 0 spiro atoms. The zero-order valence-electron chi connectivity index (χ0n) is 17.0. The molecule has 0 radical (unpaired) electrons. The summed E-state index contributed by atoms with van der Waals surface area (Å²) in [7, 11) is -1.70. The number of fused-ring (bicyclic) bond motifs is 1. The highest BCUT2D eigenvalue weighted by Gasteiger charge is 2.18. The highest BCUT2D eigenvalue weighted by Crippen LogP contribution is 2.26. The first-order valence-electron chi connectivity index (χ1n) is 9.72. The van der Waals surface area contributed by atoms with E-state index < -0.39 is 9.84 Å². The molecule has 0 aliphatic carbocycles. The third-order valence-corrected chi connectivity index (χ3v) is 7.05. The van der Waals surface area contributed by atoms with Gasteiger partial charge in [-0.25, -0.2) is 8.42 Å². The van der Waals surface area contributed by atoms with Crippen molar-refractivity contribution < 1.29 is 8.42 Å². The Bertz CT molecular complexity index is 1410. The Morgan fingerprint density at radius 2 is 1.55 bits per heavy atom. The summed E-state index contributed by atoms with van der Waals surface area (Å²) in [5.74, 6) is 0. The Morgan fingerprint density at radius 1 is 0.871 bits per heavy atom. The Morgan fingerprint density at radius 3 is 2.26 bits per heavy atom. The number of hydrogen-bond donors (Lipinski definition) is 1. The SMILES string of the molecule is CN(Cc1ccc(S(=O)(=O)c2ccc3ccccc3c2)cc1)c1ccc(N)c(C#N)c1. The third-order valence-electron chi connectivity index (χ3n) is 5.28. The first-order chi connectivity index (χ1) is 14.9. The van der Waals surface area contributed by atoms with Crippen LogP contribution >= 0.6 is 0 Å². The van der Waals surface area contributed by atoms with Crippen LogP contribution in [-0.4, -0.2) is 15.5 Å². The predicted molar refractivity (Wildman–Crippen MR) is 124 cm³/mol. The van der Waals surface area contributed by atoms with Gasteiger partial charge in [0.25, 0.3) is 0 Å². The molecular weight excluding hydrogens is 406 g/mol. The summed E-state index contributed by atoms with van der Waals surface area (Å²) in [6, 6.07) is 27.2. The molecule has 0 saturated carbocycles. The molecule has 0 aliphatic rings. The van der Waals surface area contributed by atoms with Crippen molar-refractivity contribution in [2.45, 2.75) is 16.3 Å². The molecule has 0 unspecified atom stereocenters. The number of benzene rings is 4. The van der Waals surface area contributed by atoms with Crippen LogP contribution in [0.2, 0.25) is 0 Å². The molecule has 0 aromatic heterocycles. The van der Waals surface area contributed by atoms with E-state index in [1.807, 2.05) is 60.5 Å². The monoisotopic (exact) mass is 427 g/mol. The molecule has 4 aromatic carbocycles. The Balaban J connectivity index is 1.56. The third kappa shape index (κ3) is 4.09. The lowest BCUT2D eigenvalue weighted by molar-refractivity contribution is 0.596. The number of nitrogens with zero attached hydrogens (tertiary/aromatic N) is 2. The number of anilines is 2. The number of sulfone groups is 1. The molecule has 0 bridgehead atoms. The largest absolute Gasteiger partial charge is 0.398 e. The average Bonchev–Trinajstić information content (AvgIpc) is 2.79. The van der Waals surface area contributed by atoms with E-state index in [4.69, 9.17) is 11.0 Å². The molecular formula is C25H21N3O2S. The summed E-state index contributed by atoms with van der Waals surface area (Å²) in [6.45, 7) is 0.561. The second-order valence-corrected chi connectivity index (χ2v) is 9.35. The van der Waals surface area contributed by atoms with Gasteiger partial charge in [0, 0.05) is 25.0 Å². The maximum absolute atomic E-state index is 13.1. The molecule has 0 fully saturated rings. The van der Waals surface area contributed by atoms with E-state index in [0.717, 1.165) is 22.0 Å². The van der Waals surface area contributed by atoms with Gasteiger partial charge in [-0.1, -0.05) is 42.5 Å². The number of nitriles is 1. The first kappa shape index (κ1) is 20.5. The standard InChI is InChI=1S/C25H21N3O2S/c1-28(22-9-13-25(27)21(14-22)16-26)17-18-6-10-23(11-7-18)31(29,30)24-12-8-19-4-2-3-5-20(19)15-24/h2-15H,17,27H2,1H3. The van der Waals surface area contributed by atoms with E-state index in [9.17, 15) is 8.42 Å². The minimum absolute atomic E-state index is 0.258. The molecule has 4 aromatic rings. The zero-order chi connectivity index (χ0) is 22.0. The fraction of sp³-hybridized carbons (Fsp3) is 0.0800. The fourth-order valence-corrected chi connectivity index (χ4v) is 4.78. The molecule has 0 saturated heterocycles. The Hall–Kier alpha value is -3.82. The molecule has 0 heterocycles. The quantitative estimate of drug-likeness (QED) is 0.464. The molecule has 5 nitrogen and oxygen atoms in total. The first-order valence-corrected chi connectivity index (χ1v) is 11.2. The van der Waals surface area contributed by atoms with Crippen molar-refractivity contribution in [1.82, 2.24) is 0 Å². The summed E-state index contributed by atoms with van der Waals surface area (Å²) in [6.07, 6.45) is 0. The van der Waals surface area contributed by atoms with Crippen LogP contribution in [0.4, 0.5) is 11.4 Å². The van der Waals surface area contributed by atoms with Crippen LogP contribution < -0.4 is 10.6 Å². The number of nitrogen functional groups attached to an aromatic ring is 1.